The molecule has 0 aliphatic carbocycles. The largest absolute Gasteiger partial charge is 0.329 e. The van der Waals surface area contributed by atoms with E-state index < -0.39 is 0 Å². The maximum Gasteiger partial charge on any atom is 0.157 e. The third-order valence-electron chi connectivity index (χ3n) is 2.32. The van der Waals surface area contributed by atoms with Gasteiger partial charge in [0.25, 0.3) is 0 Å². The van der Waals surface area contributed by atoms with Gasteiger partial charge in [-0.2, -0.15) is 5.10 Å². The highest BCUT2D eigenvalue weighted by Gasteiger charge is 2.24. The molecule has 0 saturated heterocycles. The van der Waals surface area contributed by atoms with Crippen LogP contribution in [0.15, 0.2) is 29.6 Å². The molecule has 1 aromatic rings. The van der Waals surface area contributed by atoms with E-state index >= 15 is 0 Å². The lowest BCUT2D eigenvalue weighted by molar-refractivity contribution is 0.396. The van der Waals surface area contributed by atoms with Crippen molar-refractivity contribution >= 4 is 23.4 Å². The zero-order valence-corrected chi connectivity index (χ0v) is 9.24. The van der Waals surface area contributed by atoms with Gasteiger partial charge in [0.15, 0.2) is 5.84 Å². The second-order valence-corrected chi connectivity index (χ2v) is 3.44. The van der Waals surface area contributed by atoms with Crippen LogP contribution in [0.2, 0.25) is 0 Å². The van der Waals surface area contributed by atoms with Gasteiger partial charge in [-0.15, -0.1) is 0 Å². The number of thiocarbonyl (C=S) groups is 1. The van der Waals surface area contributed by atoms with E-state index in [0.29, 0.717) is 0 Å². The van der Waals surface area contributed by atoms with Crippen molar-refractivity contribution in [1.29, 1.82) is 0 Å². The van der Waals surface area contributed by atoms with Crippen molar-refractivity contribution in [3.05, 3.63) is 30.1 Å². The van der Waals surface area contributed by atoms with Crippen LogP contribution in [0.5, 0.6) is 0 Å². The van der Waals surface area contributed by atoms with E-state index in [1.54, 1.807) is 17.8 Å². The van der Waals surface area contributed by atoms with Gasteiger partial charge in [0, 0.05) is 29.9 Å². The molecule has 1 aliphatic heterocycles. The first-order chi connectivity index (χ1) is 7.36. The molecule has 0 bridgehead atoms. The molecule has 1 aromatic heterocycles. The van der Waals surface area contributed by atoms with Crippen LogP contribution >= 0.6 is 12.2 Å². The second kappa shape index (κ2) is 4.35. The monoisotopic (exact) mass is 220 g/mol. The Morgan fingerprint density at radius 1 is 1.53 bits per heavy atom. The molecular weight excluding hydrogens is 208 g/mol. The number of hydrogen-bond acceptors (Lipinski definition) is 5. The van der Waals surface area contributed by atoms with E-state index in [1.165, 1.54) is 0 Å². The molecule has 2 rings (SSSR count). The number of aromatic nitrogens is 1. The first-order valence-electron chi connectivity index (χ1n) is 4.82. The van der Waals surface area contributed by atoms with Crippen molar-refractivity contribution in [3.8, 4) is 0 Å². The third kappa shape index (κ3) is 1.83. The van der Waals surface area contributed by atoms with E-state index in [0.717, 1.165) is 17.9 Å². The predicted octanol–water partition coefficient (Wildman–Crippen LogP) is 0.994. The Bertz CT molecular complexity index is 376. The molecule has 0 aromatic carbocycles. The number of hydrazone groups is 1. The Kier molecular flexibility index (Phi) is 2.91. The van der Waals surface area contributed by atoms with Crippen molar-refractivity contribution in [2.45, 2.75) is 13.1 Å². The minimum absolute atomic E-state index is 0.0214. The highest BCUT2D eigenvalue weighted by molar-refractivity contribution is 7.79. The fourth-order valence-corrected chi connectivity index (χ4v) is 1.78. The van der Waals surface area contributed by atoms with Crippen molar-refractivity contribution in [3.63, 3.8) is 0 Å². The molecule has 15 heavy (non-hydrogen) atoms. The first-order valence-corrected chi connectivity index (χ1v) is 5.29. The summed E-state index contributed by atoms with van der Waals surface area (Å²) in [5.41, 5.74) is 4.04. The fourth-order valence-electron chi connectivity index (χ4n) is 1.57. The van der Waals surface area contributed by atoms with E-state index in [2.05, 4.69) is 27.3 Å². The first kappa shape index (κ1) is 10.0. The van der Waals surface area contributed by atoms with Gasteiger partial charge in [0.2, 0.25) is 0 Å². The van der Waals surface area contributed by atoms with Crippen molar-refractivity contribution in [2.24, 2.45) is 5.10 Å². The van der Waals surface area contributed by atoms with Gasteiger partial charge in [-0.1, -0.05) is 12.2 Å². The minimum Gasteiger partial charge on any atom is -0.329 e. The van der Waals surface area contributed by atoms with Gasteiger partial charge in [-0.05, 0) is 19.1 Å². The predicted molar refractivity (Wildman–Crippen MR) is 63.7 cm³/mol. The third-order valence-corrected chi connectivity index (χ3v) is 2.58. The summed E-state index contributed by atoms with van der Waals surface area (Å²) in [6.45, 7) is 2.95. The average molecular weight is 220 g/mol. The summed E-state index contributed by atoms with van der Waals surface area (Å²) in [6, 6.07) is 3.88. The number of amidine groups is 1. The molecule has 1 aliphatic rings. The Morgan fingerprint density at radius 3 is 2.87 bits per heavy atom. The van der Waals surface area contributed by atoms with Gasteiger partial charge >= 0.3 is 0 Å². The maximum atomic E-state index is 4.94. The Balaban J connectivity index is 2.27. The van der Waals surface area contributed by atoms with Crippen molar-refractivity contribution < 1.29 is 0 Å². The highest BCUT2D eigenvalue weighted by atomic mass is 32.1. The van der Waals surface area contributed by atoms with Crippen LogP contribution in [0.25, 0.3) is 0 Å². The Morgan fingerprint density at radius 2 is 2.27 bits per heavy atom. The van der Waals surface area contributed by atoms with E-state index in [1.807, 2.05) is 12.1 Å². The second-order valence-electron chi connectivity index (χ2n) is 3.17. The Labute approximate surface area is 94.0 Å². The number of pyridine rings is 1. The van der Waals surface area contributed by atoms with Crippen LogP contribution in [-0.2, 0) is 0 Å². The summed E-state index contributed by atoms with van der Waals surface area (Å²) in [5.74, 6) is 0.922. The molecule has 0 radical (unpaired) electrons. The summed E-state index contributed by atoms with van der Waals surface area (Å²) in [4.78, 5) is 6.10. The van der Waals surface area contributed by atoms with Gasteiger partial charge in [0.05, 0.1) is 0 Å². The quantitative estimate of drug-likeness (QED) is 0.771. The molecule has 0 spiro atoms. The van der Waals surface area contributed by atoms with Crippen LogP contribution in [0.4, 0.5) is 0 Å². The van der Waals surface area contributed by atoms with Crippen LogP contribution in [0, 0.1) is 0 Å². The molecular formula is C10H12N4S. The lowest BCUT2D eigenvalue weighted by Gasteiger charge is -2.22. The van der Waals surface area contributed by atoms with Gasteiger partial charge in [0.1, 0.15) is 6.17 Å². The molecule has 5 heteroatoms. The smallest absolute Gasteiger partial charge is 0.157 e. The summed E-state index contributed by atoms with van der Waals surface area (Å²) < 4.78 is 0. The Hall–Kier alpha value is -1.49. The summed E-state index contributed by atoms with van der Waals surface area (Å²) in [7, 11) is 0. The van der Waals surface area contributed by atoms with Crippen LogP contribution in [0.1, 0.15) is 12.5 Å². The number of nitrogens with zero attached hydrogens (tertiary/aromatic N) is 3. The molecule has 2 heterocycles. The summed E-state index contributed by atoms with van der Waals surface area (Å²) in [6.07, 6.45) is 3.54. The molecule has 0 fully saturated rings. The van der Waals surface area contributed by atoms with Gasteiger partial charge < -0.3 is 4.90 Å². The summed E-state index contributed by atoms with van der Waals surface area (Å²) in [5, 5.41) is 5.96. The van der Waals surface area contributed by atoms with Crippen LogP contribution in [-0.4, -0.2) is 33.8 Å². The van der Waals surface area contributed by atoms with E-state index in [9.17, 15) is 0 Å². The molecule has 0 saturated carbocycles. The van der Waals surface area contributed by atoms with Crippen molar-refractivity contribution in [2.75, 3.05) is 6.54 Å². The molecule has 4 nitrogen and oxygen atoms in total. The average Bonchev–Trinajstić information content (AvgIpc) is 2.72. The van der Waals surface area contributed by atoms with E-state index in [-0.39, 0.29) is 6.17 Å². The highest BCUT2D eigenvalue weighted by Crippen LogP contribution is 2.11. The fraction of sp³-hybridized carbons (Fsp3) is 0.300. The molecule has 78 valence electrons. The molecule has 0 amide bonds. The number of rotatable bonds is 3. The van der Waals surface area contributed by atoms with Crippen LogP contribution < -0.4 is 5.43 Å². The number of nitrogens with one attached hydrogen (secondary N) is 1. The van der Waals surface area contributed by atoms with Gasteiger partial charge in [-0.3, -0.25) is 10.4 Å². The lowest BCUT2D eigenvalue weighted by Crippen LogP contribution is -2.40. The zero-order chi connectivity index (χ0) is 10.7. The van der Waals surface area contributed by atoms with Crippen LogP contribution in [0.3, 0.4) is 0 Å². The number of hydrogen-bond donors (Lipinski definition) is 1. The standard InChI is InChI=1S/C10H12N4S/c1-2-14-9(7-15)12-13-10(14)8-3-5-11-6-4-8/h3-7,9,12H,2H2,1H3. The minimum atomic E-state index is 0.0214. The van der Waals surface area contributed by atoms with E-state index in [4.69, 9.17) is 12.2 Å². The maximum absolute atomic E-state index is 4.94. The molecule has 1 N–H and O–H groups in total. The van der Waals surface area contributed by atoms with Crippen molar-refractivity contribution in [1.82, 2.24) is 15.3 Å². The normalized spacial score (nSPS) is 19.7. The molecule has 1 atom stereocenters. The van der Waals surface area contributed by atoms with Gasteiger partial charge in [-0.25, -0.2) is 0 Å². The summed E-state index contributed by atoms with van der Waals surface area (Å²) >= 11 is 4.94. The lowest BCUT2D eigenvalue weighted by atomic mass is 10.2. The SMILES string of the molecule is CCN1C(c2ccncc2)=NNC1C=S. The zero-order valence-electron chi connectivity index (χ0n) is 8.42. The topological polar surface area (TPSA) is 40.5 Å². The molecule has 1 unspecified atom stereocenters.